The number of halogens is 1. The SMILES string of the molecule is O=C(Cc1ccc(Cl)s1)N1CCOCC1. The molecule has 1 aliphatic rings. The molecule has 0 bridgehead atoms. The molecule has 1 aromatic heterocycles. The Labute approximate surface area is 97.6 Å². The van der Waals surface area contributed by atoms with E-state index < -0.39 is 0 Å². The Bertz CT molecular complexity index is 347. The Morgan fingerprint density at radius 1 is 1.47 bits per heavy atom. The molecule has 0 N–H and O–H groups in total. The lowest BCUT2D eigenvalue weighted by Gasteiger charge is -2.26. The number of hydrogen-bond donors (Lipinski definition) is 0. The summed E-state index contributed by atoms with van der Waals surface area (Å²) in [6.07, 6.45) is 0.456. The highest BCUT2D eigenvalue weighted by molar-refractivity contribution is 7.16. The summed E-state index contributed by atoms with van der Waals surface area (Å²) in [5.74, 6) is 0.164. The van der Waals surface area contributed by atoms with Crippen LogP contribution in [0.25, 0.3) is 0 Å². The van der Waals surface area contributed by atoms with E-state index >= 15 is 0 Å². The lowest BCUT2D eigenvalue weighted by Crippen LogP contribution is -2.41. The van der Waals surface area contributed by atoms with E-state index in [0.717, 1.165) is 9.21 Å². The van der Waals surface area contributed by atoms with Crippen LogP contribution < -0.4 is 0 Å². The highest BCUT2D eigenvalue weighted by Crippen LogP contribution is 2.22. The summed E-state index contributed by atoms with van der Waals surface area (Å²) < 4.78 is 5.93. The number of thiophene rings is 1. The summed E-state index contributed by atoms with van der Waals surface area (Å²) in [7, 11) is 0. The molecule has 0 atom stereocenters. The summed E-state index contributed by atoms with van der Waals surface area (Å²) in [5.41, 5.74) is 0. The molecule has 5 heteroatoms. The van der Waals surface area contributed by atoms with Crippen molar-refractivity contribution in [2.24, 2.45) is 0 Å². The molecule has 1 aliphatic heterocycles. The number of rotatable bonds is 2. The van der Waals surface area contributed by atoms with E-state index in [9.17, 15) is 4.79 Å². The van der Waals surface area contributed by atoms with Crippen LogP contribution in [0.5, 0.6) is 0 Å². The van der Waals surface area contributed by atoms with E-state index in [1.165, 1.54) is 11.3 Å². The van der Waals surface area contributed by atoms with Gasteiger partial charge in [0.1, 0.15) is 0 Å². The number of morpholine rings is 1. The second-order valence-corrected chi connectivity index (χ2v) is 5.18. The van der Waals surface area contributed by atoms with Crippen LogP contribution in [-0.2, 0) is 16.0 Å². The van der Waals surface area contributed by atoms with E-state index in [0.29, 0.717) is 32.7 Å². The van der Waals surface area contributed by atoms with Crippen molar-refractivity contribution in [3.63, 3.8) is 0 Å². The first-order chi connectivity index (χ1) is 7.25. The van der Waals surface area contributed by atoms with Gasteiger partial charge in [0, 0.05) is 18.0 Å². The number of carbonyl (C=O) groups excluding carboxylic acids is 1. The third-order valence-electron chi connectivity index (χ3n) is 2.32. The predicted octanol–water partition coefficient (Wildman–Crippen LogP) is 1.80. The molecule has 0 aliphatic carbocycles. The highest BCUT2D eigenvalue weighted by Gasteiger charge is 2.17. The number of hydrogen-bond acceptors (Lipinski definition) is 3. The quantitative estimate of drug-likeness (QED) is 0.795. The minimum atomic E-state index is 0.164. The van der Waals surface area contributed by atoms with Crippen molar-refractivity contribution < 1.29 is 9.53 Å². The number of nitrogens with zero attached hydrogens (tertiary/aromatic N) is 1. The minimum Gasteiger partial charge on any atom is -0.378 e. The lowest BCUT2D eigenvalue weighted by molar-refractivity contribution is -0.134. The van der Waals surface area contributed by atoms with Gasteiger partial charge in [-0.2, -0.15) is 0 Å². The second kappa shape index (κ2) is 4.96. The molecule has 0 spiro atoms. The van der Waals surface area contributed by atoms with Crippen molar-refractivity contribution >= 4 is 28.8 Å². The Kier molecular flexibility index (Phi) is 3.61. The minimum absolute atomic E-state index is 0.164. The maximum absolute atomic E-state index is 11.8. The molecule has 15 heavy (non-hydrogen) atoms. The van der Waals surface area contributed by atoms with Gasteiger partial charge in [-0.1, -0.05) is 11.6 Å². The first-order valence-corrected chi connectivity index (χ1v) is 6.05. The van der Waals surface area contributed by atoms with E-state index in [1.807, 2.05) is 17.0 Å². The largest absolute Gasteiger partial charge is 0.378 e. The molecule has 2 heterocycles. The number of ether oxygens (including phenoxy) is 1. The van der Waals surface area contributed by atoms with E-state index in [4.69, 9.17) is 16.3 Å². The van der Waals surface area contributed by atoms with Crippen LogP contribution in [0.4, 0.5) is 0 Å². The molecule has 82 valence electrons. The third-order valence-corrected chi connectivity index (χ3v) is 3.55. The van der Waals surface area contributed by atoms with Gasteiger partial charge in [0.15, 0.2) is 0 Å². The Morgan fingerprint density at radius 3 is 2.80 bits per heavy atom. The summed E-state index contributed by atoms with van der Waals surface area (Å²) >= 11 is 7.27. The van der Waals surface area contributed by atoms with Gasteiger partial charge in [0.25, 0.3) is 0 Å². The Balaban J connectivity index is 1.91. The molecule has 1 saturated heterocycles. The second-order valence-electron chi connectivity index (χ2n) is 3.38. The Hall–Kier alpha value is -0.580. The molecular formula is C10H12ClNO2S. The fourth-order valence-corrected chi connectivity index (χ4v) is 2.60. The molecule has 1 aromatic rings. The normalized spacial score (nSPS) is 16.7. The van der Waals surface area contributed by atoms with Crippen LogP contribution in [-0.4, -0.2) is 37.1 Å². The molecule has 0 saturated carbocycles. The van der Waals surface area contributed by atoms with Crippen LogP contribution in [0.15, 0.2) is 12.1 Å². The molecular weight excluding hydrogens is 234 g/mol. The monoisotopic (exact) mass is 245 g/mol. The van der Waals surface area contributed by atoms with Crippen LogP contribution in [0.2, 0.25) is 4.34 Å². The van der Waals surface area contributed by atoms with Gasteiger partial charge in [-0.3, -0.25) is 4.79 Å². The Morgan fingerprint density at radius 2 is 2.20 bits per heavy atom. The van der Waals surface area contributed by atoms with Crippen molar-refractivity contribution in [3.05, 3.63) is 21.3 Å². The standard InChI is InChI=1S/C10H12ClNO2S/c11-9-2-1-8(15-9)7-10(13)12-3-5-14-6-4-12/h1-2H,3-7H2. The van der Waals surface area contributed by atoms with Gasteiger partial charge in [0.2, 0.25) is 5.91 Å². The van der Waals surface area contributed by atoms with Gasteiger partial charge in [-0.25, -0.2) is 0 Å². The van der Waals surface area contributed by atoms with Gasteiger partial charge in [0.05, 0.1) is 24.0 Å². The third kappa shape index (κ3) is 2.93. The predicted molar refractivity (Wildman–Crippen MR) is 60.4 cm³/mol. The first kappa shape index (κ1) is 10.9. The van der Waals surface area contributed by atoms with Crippen LogP contribution in [0.3, 0.4) is 0 Å². The van der Waals surface area contributed by atoms with Crippen molar-refractivity contribution in [1.29, 1.82) is 0 Å². The molecule has 1 amide bonds. The molecule has 2 rings (SSSR count). The summed E-state index contributed by atoms with van der Waals surface area (Å²) in [6, 6.07) is 3.74. The van der Waals surface area contributed by atoms with Crippen molar-refractivity contribution in [3.8, 4) is 0 Å². The fraction of sp³-hybridized carbons (Fsp3) is 0.500. The molecule has 0 radical (unpaired) electrons. The molecule has 3 nitrogen and oxygen atoms in total. The van der Waals surface area contributed by atoms with Gasteiger partial charge >= 0.3 is 0 Å². The van der Waals surface area contributed by atoms with Crippen LogP contribution in [0, 0.1) is 0 Å². The highest BCUT2D eigenvalue weighted by atomic mass is 35.5. The zero-order chi connectivity index (χ0) is 10.7. The number of carbonyl (C=O) groups is 1. The smallest absolute Gasteiger partial charge is 0.227 e. The fourth-order valence-electron chi connectivity index (χ4n) is 1.52. The summed E-state index contributed by atoms with van der Waals surface area (Å²) in [6.45, 7) is 2.71. The van der Waals surface area contributed by atoms with E-state index in [2.05, 4.69) is 0 Å². The van der Waals surface area contributed by atoms with Crippen molar-refractivity contribution in [2.75, 3.05) is 26.3 Å². The van der Waals surface area contributed by atoms with Crippen LogP contribution in [0.1, 0.15) is 4.88 Å². The molecule has 0 unspecified atom stereocenters. The maximum Gasteiger partial charge on any atom is 0.227 e. The van der Waals surface area contributed by atoms with Gasteiger partial charge in [-0.15, -0.1) is 11.3 Å². The molecule has 1 fully saturated rings. The first-order valence-electron chi connectivity index (χ1n) is 4.85. The zero-order valence-corrected chi connectivity index (χ0v) is 9.81. The summed E-state index contributed by atoms with van der Waals surface area (Å²) in [5, 5.41) is 0. The van der Waals surface area contributed by atoms with Gasteiger partial charge in [-0.05, 0) is 12.1 Å². The average Bonchev–Trinajstić information content (AvgIpc) is 2.65. The van der Waals surface area contributed by atoms with Crippen molar-refractivity contribution in [1.82, 2.24) is 4.90 Å². The summed E-state index contributed by atoms with van der Waals surface area (Å²) in [4.78, 5) is 14.7. The van der Waals surface area contributed by atoms with Crippen LogP contribution >= 0.6 is 22.9 Å². The van der Waals surface area contributed by atoms with Gasteiger partial charge < -0.3 is 9.64 Å². The lowest BCUT2D eigenvalue weighted by atomic mass is 10.3. The van der Waals surface area contributed by atoms with E-state index in [1.54, 1.807) is 0 Å². The van der Waals surface area contributed by atoms with Crippen molar-refractivity contribution in [2.45, 2.75) is 6.42 Å². The maximum atomic E-state index is 11.8. The topological polar surface area (TPSA) is 29.5 Å². The van der Waals surface area contributed by atoms with E-state index in [-0.39, 0.29) is 5.91 Å². The molecule has 0 aromatic carbocycles. The zero-order valence-electron chi connectivity index (χ0n) is 8.24. The average molecular weight is 246 g/mol. The number of amides is 1.